The second-order valence-corrected chi connectivity index (χ2v) is 7.70. The van der Waals surface area contributed by atoms with E-state index in [0.717, 1.165) is 9.78 Å². The molecule has 13 heteroatoms. The first kappa shape index (κ1) is 20.6. The number of likely N-dealkylation sites (N-methyl/N-ethyl adjacent to an activating group) is 1. The van der Waals surface area contributed by atoms with Crippen molar-refractivity contribution in [3.05, 3.63) is 23.3 Å². The van der Waals surface area contributed by atoms with Gasteiger partial charge in [-0.05, 0) is 13.0 Å². The molecule has 0 saturated carbocycles. The first-order chi connectivity index (χ1) is 13.7. The van der Waals surface area contributed by atoms with E-state index in [4.69, 9.17) is 5.11 Å². The van der Waals surface area contributed by atoms with Gasteiger partial charge in [0.2, 0.25) is 5.95 Å². The Balaban J connectivity index is 1.75. The van der Waals surface area contributed by atoms with E-state index in [1.165, 1.54) is 35.5 Å². The maximum Gasteiger partial charge on any atom is 0.410 e. The number of nitrogens with one attached hydrogen (secondary N) is 2. The summed E-state index contributed by atoms with van der Waals surface area (Å²) in [6, 6.07) is -0.784. The lowest BCUT2D eigenvalue weighted by molar-refractivity contribution is -0.0760. The molecule has 2 aromatic rings. The first-order valence-electron chi connectivity index (χ1n) is 8.58. The van der Waals surface area contributed by atoms with E-state index >= 15 is 0 Å². The Morgan fingerprint density at radius 3 is 2.79 bits per heavy atom. The smallest absolute Gasteiger partial charge is 0.410 e. The summed E-state index contributed by atoms with van der Waals surface area (Å²) in [5.41, 5.74) is 0. The molecule has 3 heterocycles. The number of hydrogen-bond donors (Lipinski definition) is 3. The van der Waals surface area contributed by atoms with Crippen molar-refractivity contribution in [1.82, 2.24) is 19.9 Å². The molecule has 2 aromatic heterocycles. The summed E-state index contributed by atoms with van der Waals surface area (Å²) in [7, 11) is 1.29. The lowest BCUT2D eigenvalue weighted by Crippen LogP contribution is -2.60. The van der Waals surface area contributed by atoms with E-state index in [0.29, 0.717) is 5.13 Å². The van der Waals surface area contributed by atoms with E-state index in [1.807, 2.05) is 6.92 Å². The van der Waals surface area contributed by atoms with Crippen LogP contribution in [0, 0.1) is 6.92 Å². The van der Waals surface area contributed by atoms with Gasteiger partial charge < -0.3 is 14.9 Å². The van der Waals surface area contributed by atoms with E-state index in [1.54, 1.807) is 6.20 Å². The van der Waals surface area contributed by atoms with E-state index in [2.05, 4.69) is 25.6 Å². The highest BCUT2D eigenvalue weighted by molar-refractivity contribution is 7.15. The molecule has 0 aromatic carbocycles. The van der Waals surface area contributed by atoms with Crippen molar-refractivity contribution in [2.45, 2.75) is 25.3 Å². The summed E-state index contributed by atoms with van der Waals surface area (Å²) in [6.45, 7) is 1.56. The van der Waals surface area contributed by atoms with E-state index < -0.39 is 30.5 Å². The molecule has 29 heavy (non-hydrogen) atoms. The molecule has 1 fully saturated rings. The normalized spacial score (nSPS) is 18.2. The molecule has 0 radical (unpaired) electrons. The van der Waals surface area contributed by atoms with Gasteiger partial charge in [0.15, 0.2) is 5.13 Å². The van der Waals surface area contributed by atoms with Gasteiger partial charge in [-0.2, -0.15) is 4.98 Å². The Labute approximate surface area is 168 Å². The standard InChI is InChI=1S/C16H19F2N7O3S/c1-9-7-20-13(29-9)23-14(26)24(2)10-8-25(6-4-16(10,17)18)12-19-5-3-11(21-12)22-15(27)28/h3,5,7,10H,4,6,8H2,1-2H3,(H,27,28)(H,19,21,22)(H,20,23,26). The molecule has 1 aliphatic heterocycles. The minimum Gasteiger partial charge on any atom is -0.465 e. The van der Waals surface area contributed by atoms with Crippen molar-refractivity contribution in [1.29, 1.82) is 0 Å². The third-order valence-corrected chi connectivity index (χ3v) is 5.21. The highest BCUT2D eigenvalue weighted by Gasteiger charge is 2.48. The van der Waals surface area contributed by atoms with Crippen LogP contribution in [0.2, 0.25) is 0 Å². The number of nitrogens with zero attached hydrogens (tertiary/aromatic N) is 5. The van der Waals surface area contributed by atoms with Crippen molar-refractivity contribution < 1.29 is 23.5 Å². The molecule has 10 nitrogen and oxygen atoms in total. The molecule has 3 N–H and O–H groups in total. The average molecular weight is 427 g/mol. The third-order valence-electron chi connectivity index (χ3n) is 4.38. The molecular formula is C16H19F2N7O3S. The Hall–Kier alpha value is -3.09. The molecule has 3 amide bonds. The number of anilines is 3. The molecular weight excluding hydrogens is 408 g/mol. The van der Waals surface area contributed by atoms with Crippen LogP contribution < -0.4 is 15.5 Å². The predicted octanol–water partition coefficient (Wildman–Crippen LogP) is 2.71. The molecule has 1 saturated heterocycles. The summed E-state index contributed by atoms with van der Waals surface area (Å²) < 4.78 is 29.1. The summed E-state index contributed by atoms with van der Waals surface area (Å²) in [6.07, 6.45) is 1.10. The molecule has 0 aliphatic carbocycles. The molecule has 1 atom stereocenters. The van der Waals surface area contributed by atoms with Crippen LogP contribution in [-0.2, 0) is 0 Å². The number of carbonyl (C=O) groups is 2. The number of thiazole rings is 1. The zero-order valence-corrected chi connectivity index (χ0v) is 16.4. The van der Waals surface area contributed by atoms with Crippen LogP contribution >= 0.6 is 11.3 Å². The number of carbonyl (C=O) groups excluding carboxylic acids is 1. The molecule has 1 aliphatic rings. The SMILES string of the molecule is Cc1cnc(NC(=O)N(C)C2CN(c3nccc(NC(=O)O)n3)CCC2(F)F)s1. The van der Waals surface area contributed by atoms with Crippen LogP contribution in [0.15, 0.2) is 18.5 Å². The number of amides is 3. The molecule has 0 bridgehead atoms. The van der Waals surface area contributed by atoms with Crippen LogP contribution in [0.5, 0.6) is 0 Å². The zero-order valence-electron chi connectivity index (χ0n) is 15.6. The minimum absolute atomic E-state index is 0.0293. The summed E-state index contributed by atoms with van der Waals surface area (Å²) in [5.74, 6) is -2.99. The van der Waals surface area contributed by atoms with Crippen molar-refractivity contribution in [2.24, 2.45) is 0 Å². The number of carboxylic acid groups (broad SMARTS) is 1. The molecule has 0 spiro atoms. The number of urea groups is 1. The van der Waals surface area contributed by atoms with Crippen LogP contribution in [0.1, 0.15) is 11.3 Å². The van der Waals surface area contributed by atoms with Gasteiger partial charge in [0.25, 0.3) is 5.92 Å². The van der Waals surface area contributed by atoms with Crippen molar-refractivity contribution in [3.63, 3.8) is 0 Å². The lowest BCUT2D eigenvalue weighted by atomic mass is 10.00. The number of hydrogen-bond acceptors (Lipinski definition) is 7. The van der Waals surface area contributed by atoms with Gasteiger partial charge in [-0.3, -0.25) is 10.6 Å². The van der Waals surface area contributed by atoms with Crippen LogP contribution in [-0.4, -0.2) is 69.2 Å². The molecule has 156 valence electrons. The Kier molecular flexibility index (Phi) is 5.77. The number of alkyl halides is 2. The van der Waals surface area contributed by atoms with Crippen molar-refractivity contribution >= 4 is 40.4 Å². The fourth-order valence-electron chi connectivity index (χ4n) is 2.89. The maximum atomic E-state index is 14.6. The fraction of sp³-hybridized carbons (Fsp3) is 0.438. The molecule has 1 unspecified atom stereocenters. The monoisotopic (exact) mass is 427 g/mol. The van der Waals surface area contributed by atoms with Gasteiger partial charge in [-0.25, -0.2) is 28.3 Å². The van der Waals surface area contributed by atoms with Gasteiger partial charge in [0.1, 0.15) is 11.9 Å². The Morgan fingerprint density at radius 1 is 1.38 bits per heavy atom. The number of aromatic nitrogens is 3. The number of piperidine rings is 1. The van der Waals surface area contributed by atoms with Gasteiger partial charge in [0.05, 0.1) is 0 Å². The molecule has 3 rings (SSSR count). The maximum absolute atomic E-state index is 14.6. The van der Waals surface area contributed by atoms with Gasteiger partial charge >= 0.3 is 12.1 Å². The second-order valence-electron chi connectivity index (χ2n) is 6.46. The number of rotatable bonds is 4. The van der Waals surface area contributed by atoms with E-state index in [9.17, 15) is 18.4 Å². The third kappa shape index (κ3) is 4.85. The van der Waals surface area contributed by atoms with Crippen molar-refractivity contribution in [2.75, 3.05) is 35.7 Å². The number of halogens is 2. The average Bonchev–Trinajstić information content (AvgIpc) is 3.05. The minimum atomic E-state index is -3.11. The Bertz CT molecular complexity index is 910. The van der Waals surface area contributed by atoms with Gasteiger partial charge in [-0.15, -0.1) is 11.3 Å². The topological polar surface area (TPSA) is 124 Å². The largest absolute Gasteiger partial charge is 0.465 e. The quantitative estimate of drug-likeness (QED) is 0.685. The predicted molar refractivity (Wildman–Crippen MR) is 103 cm³/mol. The van der Waals surface area contributed by atoms with Crippen LogP contribution in [0.25, 0.3) is 0 Å². The van der Waals surface area contributed by atoms with Crippen LogP contribution in [0.4, 0.5) is 35.3 Å². The first-order valence-corrected chi connectivity index (χ1v) is 9.39. The summed E-state index contributed by atoms with van der Waals surface area (Å²) in [5, 5.41) is 13.7. The van der Waals surface area contributed by atoms with E-state index in [-0.39, 0.29) is 24.9 Å². The summed E-state index contributed by atoms with van der Waals surface area (Å²) >= 11 is 1.24. The second kappa shape index (κ2) is 8.11. The van der Waals surface area contributed by atoms with Crippen LogP contribution in [0.3, 0.4) is 0 Å². The highest BCUT2D eigenvalue weighted by atomic mass is 32.1. The van der Waals surface area contributed by atoms with Gasteiger partial charge in [0, 0.05) is 43.8 Å². The fourth-order valence-corrected chi connectivity index (χ4v) is 3.54. The lowest BCUT2D eigenvalue weighted by Gasteiger charge is -2.42. The zero-order chi connectivity index (χ0) is 21.2. The highest BCUT2D eigenvalue weighted by Crippen LogP contribution is 2.33. The van der Waals surface area contributed by atoms with Crippen molar-refractivity contribution in [3.8, 4) is 0 Å². The Morgan fingerprint density at radius 2 is 2.14 bits per heavy atom. The number of aryl methyl sites for hydroxylation is 1. The van der Waals surface area contributed by atoms with Gasteiger partial charge in [-0.1, -0.05) is 0 Å². The summed E-state index contributed by atoms with van der Waals surface area (Å²) in [4.78, 5) is 38.6.